The number of para-hydroxylation sites is 4. The molecule has 13 rings (SSSR count). The number of aryl methyl sites for hydroxylation is 5. The van der Waals surface area contributed by atoms with E-state index in [2.05, 4.69) is 281 Å². The summed E-state index contributed by atoms with van der Waals surface area (Å²) in [4.78, 5) is 10.1. The molecule has 0 amide bonds. The summed E-state index contributed by atoms with van der Waals surface area (Å²) in [5, 5.41) is 4.30. The summed E-state index contributed by atoms with van der Waals surface area (Å²) in [6.45, 7) is 32.5. The number of fused-ring (bicyclic) bond motifs is 8. The van der Waals surface area contributed by atoms with Crippen molar-refractivity contribution in [2.45, 2.75) is 113 Å². The standard InChI is InChI=1S/C77H74N4O2/c1-46-29-31-56(48(3)37-46)58-22-19-23-61(70-49(4)38-47(2)39-50(70)5)73(58)80-45-79(64-26-16-17-27-65(64)80)53-40-51(71-62(76(9,10)11)24-20-25-63(71)77(12,13)14)41-55(43-53)82-54-30-32-60-67(44-54)81(69-42-52(35-36-78-69)75(6,7)8)66-34-33-59-57-21-15-18-28-68(57)83-74(59)72(60)66/h15-44H,45H2,1-14H3. The molecule has 3 aromatic heterocycles. The predicted molar refractivity (Wildman–Crippen MR) is 350 cm³/mol. The molecule has 0 unspecified atom stereocenters. The van der Waals surface area contributed by atoms with Crippen molar-refractivity contribution in [1.29, 1.82) is 0 Å². The van der Waals surface area contributed by atoms with Crippen LogP contribution in [-0.2, 0) is 16.2 Å². The van der Waals surface area contributed by atoms with Crippen LogP contribution in [0.5, 0.6) is 11.5 Å². The molecule has 0 bridgehead atoms. The summed E-state index contributed by atoms with van der Waals surface area (Å²) in [5.41, 5.74) is 25.2. The Balaban J connectivity index is 1.03. The van der Waals surface area contributed by atoms with E-state index in [4.69, 9.17) is 14.1 Å². The highest BCUT2D eigenvalue weighted by Gasteiger charge is 2.34. The Kier molecular flexibility index (Phi) is 12.7. The van der Waals surface area contributed by atoms with Gasteiger partial charge in [0.2, 0.25) is 0 Å². The number of aromatic nitrogens is 2. The normalized spacial score (nSPS) is 13.1. The van der Waals surface area contributed by atoms with Crippen molar-refractivity contribution in [1.82, 2.24) is 9.55 Å². The first-order valence-electron chi connectivity index (χ1n) is 29.4. The largest absolute Gasteiger partial charge is 0.457 e. The van der Waals surface area contributed by atoms with Gasteiger partial charge in [-0.3, -0.25) is 4.57 Å². The second-order valence-electron chi connectivity index (χ2n) is 26.4. The second kappa shape index (κ2) is 19.7. The van der Waals surface area contributed by atoms with Crippen molar-refractivity contribution < 1.29 is 9.15 Å². The zero-order valence-corrected chi connectivity index (χ0v) is 50.6. The maximum Gasteiger partial charge on any atom is 0.145 e. The molecule has 0 atom stereocenters. The van der Waals surface area contributed by atoms with Crippen LogP contribution >= 0.6 is 0 Å². The number of benzene rings is 9. The molecular formula is C77H74N4O2. The lowest BCUT2D eigenvalue weighted by Gasteiger charge is -2.31. The van der Waals surface area contributed by atoms with Crippen molar-refractivity contribution in [2.24, 2.45) is 0 Å². The molecule has 1 aliphatic rings. The van der Waals surface area contributed by atoms with Gasteiger partial charge >= 0.3 is 0 Å². The number of rotatable bonds is 8. The van der Waals surface area contributed by atoms with Gasteiger partial charge in [-0.05, 0) is 173 Å². The Morgan fingerprint density at radius 1 is 0.470 bits per heavy atom. The van der Waals surface area contributed by atoms with Gasteiger partial charge in [-0.25, -0.2) is 4.98 Å². The van der Waals surface area contributed by atoms with Crippen molar-refractivity contribution in [3.05, 3.63) is 227 Å². The molecule has 0 radical (unpaired) electrons. The van der Waals surface area contributed by atoms with Crippen LogP contribution in [0.4, 0.5) is 22.7 Å². The molecule has 6 heteroatoms. The molecule has 12 aromatic rings. The molecule has 0 N–H and O–H groups in total. The molecule has 0 saturated heterocycles. The third-order valence-corrected chi connectivity index (χ3v) is 17.2. The average molecular weight is 1090 g/mol. The maximum absolute atomic E-state index is 7.41. The van der Waals surface area contributed by atoms with E-state index in [9.17, 15) is 0 Å². The molecule has 4 heterocycles. The zero-order chi connectivity index (χ0) is 58.0. The Hall–Kier alpha value is -8.87. The Morgan fingerprint density at radius 2 is 1.13 bits per heavy atom. The summed E-state index contributed by atoms with van der Waals surface area (Å²) in [6.07, 6.45) is 1.94. The first-order chi connectivity index (χ1) is 39.6. The molecule has 83 heavy (non-hydrogen) atoms. The van der Waals surface area contributed by atoms with Crippen LogP contribution in [0.1, 0.15) is 107 Å². The average Bonchev–Trinajstić information content (AvgIpc) is 2.72. The van der Waals surface area contributed by atoms with Gasteiger partial charge in [-0.15, -0.1) is 0 Å². The van der Waals surface area contributed by atoms with Gasteiger partial charge in [0.1, 0.15) is 35.2 Å². The molecule has 6 nitrogen and oxygen atoms in total. The van der Waals surface area contributed by atoms with E-state index in [1.807, 2.05) is 12.3 Å². The highest BCUT2D eigenvalue weighted by Crippen LogP contribution is 2.53. The van der Waals surface area contributed by atoms with Crippen LogP contribution in [0.2, 0.25) is 0 Å². The number of nitrogens with zero attached hydrogens (tertiary/aromatic N) is 4. The summed E-state index contributed by atoms with van der Waals surface area (Å²) >= 11 is 0. The van der Waals surface area contributed by atoms with Crippen molar-refractivity contribution >= 4 is 66.5 Å². The van der Waals surface area contributed by atoms with Crippen LogP contribution < -0.4 is 14.5 Å². The molecular weight excluding hydrogens is 1010 g/mol. The van der Waals surface area contributed by atoms with E-state index in [1.54, 1.807) is 0 Å². The van der Waals surface area contributed by atoms with E-state index in [0.717, 1.165) is 83.7 Å². The van der Waals surface area contributed by atoms with Crippen LogP contribution in [0.3, 0.4) is 0 Å². The molecule has 0 saturated carbocycles. The summed E-state index contributed by atoms with van der Waals surface area (Å²) in [6, 6.07) is 64.8. The minimum Gasteiger partial charge on any atom is -0.457 e. The van der Waals surface area contributed by atoms with E-state index in [0.29, 0.717) is 6.67 Å². The van der Waals surface area contributed by atoms with Gasteiger partial charge in [-0.1, -0.05) is 171 Å². The first-order valence-corrected chi connectivity index (χ1v) is 29.4. The van der Waals surface area contributed by atoms with Gasteiger partial charge in [-0.2, -0.15) is 0 Å². The fraction of sp³-hybridized carbons (Fsp3) is 0.234. The number of furan rings is 1. The minimum atomic E-state index is -0.160. The van der Waals surface area contributed by atoms with Gasteiger partial charge < -0.3 is 19.0 Å². The Bertz CT molecular complexity index is 4530. The second-order valence-corrected chi connectivity index (χ2v) is 26.4. The van der Waals surface area contributed by atoms with Gasteiger partial charge in [0.15, 0.2) is 0 Å². The van der Waals surface area contributed by atoms with Crippen molar-refractivity contribution in [2.75, 3.05) is 16.5 Å². The number of pyridine rings is 1. The SMILES string of the molecule is Cc1ccc(-c2cccc(-c3c(C)cc(C)cc3C)c2N2CN(c3cc(Oc4ccc5c6c7oc8ccccc8c7ccc6n(-c6cc(C(C)(C)C)ccn6)c5c4)cc(-c4c(C(C)(C)C)cccc4C(C)(C)C)c3)c3ccccc32)c(C)c1. The Morgan fingerprint density at radius 3 is 1.84 bits per heavy atom. The summed E-state index contributed by atoms with van der Waals surface area (Å²) in [7, 11) is 0. The maximum atomic E-state index is 7.41. The van der Waals surface area contributed by atoms with Crippen LogP contribution in [0, 0.1) is 34.6 Å². The topological polar surface area (TPSA) is 46.7 Å². The molecule has 0 spiro atoms. The quantitative estimate of drug-likeness (QED) is 0.152. The lowest BCUT2D eigenvalue weighted by atomic mass is 9.74. The summed E-state index contributed by atoms with van der Waals surface area (Å²) < 4.78 is 16.5. The number of hydrogen-bond acceptors (Lipinski definition) is 5. The molecule has 0 aliphatic carbocycles. The van der Waals surface area contributed by atoms with Gasteiger partial charge in [0.25, 0.3) is 0 Å². The predicted octanol–water partition coefficient (Wildman–Crippen LogP) is 21.6. The van der Waals surface area contributed by atoms with E-state index in [-0.39, 0.29) is 16.2 Å². The van der Waals surface area contributed by atoms with Gasteiger partial charge in [0.05, 0.1) is 33.5 Å². The third-order valence-electron chi connectivity index (χ3n) is 17.2. The van der Waals surface area contributed by atoms with Crippen LogP contribution in [0.15, 0.2) is 187 Å². The van der Waals surface area contributed by atoms with Gasteiger partial charge in [0, 0.05) is 51.3 Å². The van der Waals surface area contributed by atoms with E-state index < -0.39 is 0 Å². The minimum absolute atomic E-state index is 0.0875. The number of ether oxygens (including phenoxy) is 1. The Labute approximate surface area is 489 Å². The zero-order valence-electron chi connectivity index (χ0n) is 50.6. The molecule has 1 aliphatic heterocycles. The van der Waals surface area contributed by atoms with Crippen LogP contribution in [0.25, 0.3) is 82.9 Å². The number of anilines is 4. The monoisotopic (exact) mass is 1090 g/mol. The molecule has 9 aromatic carbocycles. The molecule has 414 valence electrons. The van der Waals surface area contributed by atoms with E-state index >= 15 is 0 Å². The van der Waals surface area contributed by atoms with Crippen molar-refractivity contribution in [3.8, 4) is 50.7 Å². The van der Waals surface area contributed by atoms with E-state index in [1.165, 1.54) is 78.0 Å². The fourth-order valence-electron chi connectivity index (χ4n) is 13.4. The molecule has 0 fully saturated rings. The van der Waals surface area contributed by atoms with Crippen LogP contribution in [-0.4, -0.2) is 16.2 Å². The number of hydrogen-bond donors (Lipinski definition) is 0. The third kappa shape index (κ3) is 9.24. The fourth-order valence-corrected chi connectivity index (χ4v) is 13.4. The lowest BCUT2D eigenvalue weighted by Crippen LogP contribution is -2.25. The highest BCUT2D eigenvalue weighted by molar-refractivity contribution is 6.24. The highest BCUT2D eigenvalue weighted by atomic mass is 16.5. The van der Waals surface area contributed by atoms with Crippen molar-refractivity contribution in [3.63, 3.8) is 0 Å². The summed E-state index contributed by atoms with van der Waals surface area (Å²) in [5.74, 6) is 2.31. The first kappa shape index (κ1) is 53.4. The smallest absolute Gasteiger partial charge is 0.145 e. The lowest BCUT2D eigenvalue weighted by molar-refractivity contribution is 0.483.